The number of halogens is 15. The first-order valence-corrected chi connectivity index (χ1v) is 5.47. The highest BCUT2D eigenvalue weighted by molar-refractivity contribution is 6.37. The molecule has 0 spiro atoms. The Labute approximate surface area is 127 Å². The van der Waals surface area contributed by atoms with E-state index in [4.69, 9.17) is 0 Å². The van der Waals surface area contributed by atoms with Crippen LogP contribution in [0.1, 0.15) is 0 Å². The van der Waals surface area contributed by atoms with E-state index in [0.29, 0.717) is 0 Å². The maximum atomic E-state index is 13.0. The molecular formula is C8HCl2F13. The molecule has 0 aromatic carbocycles. The van der Waals surface area contributed by atoms with Gasteiger partial charge >= 0.3 is 35.8 Å². The molecule has 15 heteroatoms. The first kappa shape index (κ1) is 22.4. The molecule has 0 fully saturated rings. The summed E-state index contributed by atoms with van der Waals surface area (Å²) in [6.07, 6.45) is -7.45. The summed E-state index contributed by atoms with van der Waals surface area (Å²) in [6, 6.07) is 0. The first-order valence-electron chi connectivity index (χ1n) is 4.65. The molecule has 0 rings (SSSR count). The van der Waals surface area contributed by atoms with Crippen LogP contribution >= 0.6 is 23.2 Å². The third-order valence-electron chi connectivity index (χ3n) is 2.33. The molecule has 138 valence electrons. The van der Waals surface area contributed by atoms with Crippen LogP contribution in [0.5, 0.6) is 0 Å². The molecule has 0 aliphatic heterocycles. The molecule has 0 aliphatic carbocycles. The summed E-state index contributed by atoms with van der Waals surface area (Å²) in [5, 5.41) is -2.70. The number of rotatable bonds is 5. The molecule has 0 aromatic heterocycles. The van der Waals surface area contributed by atoms with E-state index in [9.17, 15) is 57.1 Å². The molecule has 0 bridgehead atoms. The lowest BCUT2D eigenvalue weighted by Crippen LogP contribution is -2.70. The highest BCUT2D eigenvalue weighted by Gasteiger charge is 2.91. The average molecular weight is 415 g/mol. The Kier molecular flexibility index (Phi) is 5.60. The van der Waals surface area contributed by atoms with Crippen molar-refractivity contribution in [1.82, 2.24) is 0 Å². The van der Waals surface area contributed by atoms with Gasteiger partial charge in [-0.25, -0.2) is 0 Å². The summed E-state index contributed by atoms with van der Waals surface area (Å²) in [5.41, 5.74) is -0.689. The molecule has 23 heavy (non-hydrogen) atoms. The molecule has 0 radical (unpaired) electrons. The Morgan fingerprint density at radius 2 is 0.870 bits per heavy atom. The van der Waals surface area contributed by atoms with Crippen molar-refractivity contribution in [3.05, 3.63) is 10.6 Å². The van der Waals surface area contributed by atoms with Gasteiger partial charge in [0.15, 0.2) is 0 Å². The van der Waals surface area contributed by atoms with E-state index in [0.717, 1.165) is 0 Å². The highest BCUT2D eigenvalue weighted by Crippen LogP contribution is 2.61. The van der Waals surface area contributed by atoms with Gasteiger partial charge < -0.3 is 0 Å². The lowest BCUT2D eigenvalue weighted by molar-refractivity contribution is -0.436. The fourth-order valence-electron chi connectivity index (χ4n) is 0.988. The summed E-state index contributed by atoms with van der Waals surface area (Å²) in [4.78, 5) is 0. The van der Waals surface area contributed by atoms with Crippen LogP contribution in [0, 0.1) is 0 Å². The van der Waals surface area contributed by atoms with E-state index in [1.165, 1.54) is 0 Å². The summed E-state index contributed by atoms with van der Waals surface area (Å²) in [6.45, 7) is 0. The van der Waals surface area contributed by atoms with Gasteiger partial charge in [-0.15, -0.1) is 0 Å². The van der Waals surface area contributed by atoms with Gasteiger partial charge in [0.1, 0.15) is 5.03 Å². The van der Waals surface area contributed by atoms with Gasteiger partial charge in [-0.1, -0.05) is 23.2 Å². The molecule has 0 amide bonds. The van der Waals surface area contributed by atoms with Gasteiger partial charge in [0, 0.05) is 5.54 Å². The van der Waals surface area contributed by atoms with Crippen molar-refractivity contribution in [1.29, 1.82) is 0 Å². The Balaban J connectivity index is 6.36. The van der Waals surface area contributed by atoms with E-state index >= 15 is 0 Å². The molecule has 0 heterocycles. The van der Waals surface area contributed by atoms with Gasteiger partial charge in [-0.05, 0) is 0 Å². The van der Waals surface area contributed by atoms with Crippen LogP contribution in [0.4, 0.5) is 57.1 Å². The Morgan fingerprint density at radius 1 is 0.565 bits per heavy atom. The molecule has 0 atom stereocenters. The monoisotopic (exact) mass is 414 g/mol. The molecule has 0 aromatic rings. The van der Waals surface area contributed by atoms with E-state index in [1.807, 2.05) is 0 Å². The lowest BCUT2D eigenvalue weighted by Gasteiger charge is -2.39. The lowest BCUT2D eigenvalue weighted by atomic mass is 9.94. The quantitative estimate of drug-likeness (QED) is 0.481. The van der Waals surface area contributed by atoms with E-state index < -0.39 is 46.4 Å². The summed E-state index contributed by atoms with van der Waals surface area (Å²) < 4.78 is 163. The zero-order chi connectivity index (χ0) is 19.3. The maximum Gasteiger partial charge on any atom is 0.460 e. The van der Waals surface area contributed by atoms with E-state index in [2.05, 4.69) is 23.2 Å². The van der Waals surface area contributed by atoms with Crippen LogP contribution in [-0.2, 0) is 0 Å². The van der Waals surface area contributed by atoms with E-state index in [1.54, 1.807) is 0 Å². The van der Waals surface area contributed by atoms with Gasteiger partial charge in [0.05, 0.1) is 0 Å². The van der Waals surface area contributed by atoms with Crippen LogP contribution in [0.3, 0.4) is 0 Å². The summed E-state index contributed by atoms with van der Waals surface area (Å²) in [7, 11) is 0. The van der Waals surface area contributed by atoms with Gasteiger partial charge in [-0.2, -0.15) is 57.1 Å². The summed E-state index contributed by atoms with van der Waals surface area (Å²) in [5.74, 6) is -37.5. The number of alkyl halides is 13. The predicted octanol–water partition coefficient (Wildman–Crippen LogP) is 6.04. The van der Waals surface area contributed by atoms with Gasteiger partial charge in [-0.3, -0.25) is 0 Å². The second-order valence-electron chi connectivity index (χ2n) is 3.83. The molecule has 0 N–H and O–H groups in total. The normalized spacial score (nSPS) is 16.7. The number of hydrogen-bond acceptors (Lipinski definition) is 0. The second kappa shape index (κ2) is 5.74. The van der Waals surface area contributed by atoms with Crippen molar-refractivity contribution in [2.24, 2.45) is 0 Å². The Bertz CT molecular complexity index is 475. The molecule has 0 saturated carbocycles. The molecular weight excluding hydrogens is 414 g/mol. The van der Waals surface area contributed by atoms with Crippen LogP contribution in [0.2, 0.25) is 0 Å². The topological polar surface area (TPSA) is 0 Å². The van der Waals surface area contributed by atoms with Crippen molar-refractivity contribution in [3.8, 4) is 0 Å². The molecule has 0 unspecified atom stereocenters. The zero-order valence-corrected chi connectivity index (χ0v) is 11.3. The number of hydrogen-bond donors (Lipinski definition) is 0. The summed E-state index contributed by atoms with van der Waals surface area (Å²) >= 11 is 8.71. The van der Waals surface area contributed by atoms with Crippen LogP contribution in [0.25, 0.3) is 0 Å². The van der Waals surface area contributed by atoms with E-state index in [-0.39, 0.29) is 0 Å². The van der Waals surface area contributed by atoms with Crippen LogP contribution in [0.15, 0.2) is 10.6 Å². The molecule has 0 aliphatic rings. The standard InChI is InChI=1S/C8HCl2F13/c9-1-2(10)3(11,12)4(13,14)5(15,16)6(17,18)7(19,20)8(21,22)23/h1H. The van der Waals surface area contributed by atoms with Crippen molar-refractivity contribution in [2.75, 3.05) is 0 Å². The number of allylic oxidation sites excluding steroid dienone is 1. The Morgan fingerprint density at radius 3 is 1.13 bits per heavy atom. The van der Waals surface area contributed by atoms with Gasteiger partial charge in [0.2, 0.25) is 0 Å². The largest absolute Gasteiger partial charge is 0.460 e. The van der Waals surface area contributed by atoms with Crippen molar-refractivity contribution in [3.63, 3.8) is 0 Å². The minimum absolute atomic E-state index is 0.689. The van der Waals surface area contributed by atoms with Crippen LogP contribution in [-0.4, -0.2) is 35.8 Å². The molecule has 0 nitrogen and oxygen atoms in total. The smallest absolute Gasteiger partial charge is 0.193 e. The third-order valence-corrected chi connectivity index (χ3v) is 3.01. The van der Waals surface area contributed by atoms with Crippen molar-refractivity contribution < 1.29 is 57.1 Å². The fourth-order valence-corrected chi connectivity index (χ4v) is 1.24. The van der Waals surface area contributed by atoms with Crippen molar-refractivity contribution in [2.45, 2.75) is 35.8 Å². The minimum atomic E-state index is -7.95. The minimum Gasteiger partial charge on any atom is -0.193 e. The molecule has 0 saturated heterocycles. The third kappa shape index (κ3) is 2.94. The Hall–Kier alpha value is -0.590. The first-order chi connectivity index (χ1) is 9.73. The van der Waals surface area contributed by atoms with Gasteiger partial charge in [0.25, 0.3) is 0 Å². The predicted molar refractivity (Wildman–Crippen MR) is 50.6 cm³/mol. The fraction of sp³-hybridized carbons (Fsp3) is 0.750. The van der Waals surface area contributed by atoms with Crippen LogP contribution < -0.4 is 0 Å². The highest BCUT2D eigenvalue weighted by atomic mass is 35.5. The zero-order valence-electron chi connectivity index (χ0n) is 9.75. The maximum absolute atomic E-state index is 13.0. The second-order valence-corrected chi connectivity index (χ2v) is 4.45. The van der Waals surface area contributed by atoms with Crippen molar-refractivity contribution >= 4 is 23.2 Å². The average Bonchev–Trinajstić information content (AvgIpc) is 2.35. The SMILES string of the molecule is FC(F)(F)C(F)(F)C(F)(F)C(F)(F)C(F)(F)C(F)(F)C(Cl)=CCl.